The molecule has 5 heteroatoms. The molecule has 0 aliphatic carbocycles. The van der Waals surface area contributed by atoms with E-state index in [1.54, 1.807) is 0 Å². The lowest BCUT2D eigenvalue weighted by Crippen LogP contribution is -2.45. The maximum atomic E-state index is 6.24. The van der Waals surface area contributed by atoms with Gasteiger partial charge in [0.25, 0.3) is 0 Å². The smallest absolute Gasteiger partial charge is 0.0612 e. The molecule has 150 valence electrons. The number of nitrogens with zero attached hydrogens (tertiary/aromatic N) is 3. The molecule has 0 N–H and O–H groups in total. The minimum atomic E-state index is 0.531. The van der Waals surface area contributed by atoms with Gasteiger partial charge < -0.3 is 14.7 Å². The van der Waals surface area contributed by atoms with Gasteiger partial charge in [0.05, 0.1) is 10.0 Å². The highest BCUT2D eigenvalue weighted by atomic mass is 35.5. The van der Waals surface area contributed by atoms with Crippen LogP contribution in [0.3, 0.4) is 0 Å². The molecule has 2 unspecified atom stereocenters. The Morgan fingerprint density at radius 2 is 1.64 bits per heavy atom. The molecule has 0 amide bonds. The van der Waals surface area contributed by atoms with Gasteiger partial charge in [-0.15, -0.1) is 0 Å². The van der Waals surface area contributed by atoms with E-state index >= 15 is 0 Å². The molecule has 2 fully saturated rings. The number of benzene rings is 2. The van der Waals surface area contributed by atoms with Gasteiger partial charge in [-0.2, -0.15) is 0 Å². The molecule has 0 bridgehead atoms. The highest BCUT2D eigenvalue weighted by molar-refractivity contribution is 6.42. The second-order valence-corrected chi connectivity index (χ2v) is 9.05. The summed E-state index contributed by atoms with van der Waals surface area (Å²) in [6.07, 6.45) is 1.21. The van der Waals surface area contributed by atoms with Gasteiger partial charge >= 0.3 is 0 Å². The van der Waals surface area contributed by atoms with Crippen LogP contribution in [0.25, 0.3) is 0 Å². The summed E-state index contributed by atoms with van der Waals surface area (Å²) in [5, 5.41) is 1.26. The van der Waals surface area contributed by atoms with Crippen molar-refractivity contribution in [1.82, 2.24) is 4.90 Å². The Morgan fingerprint density at radius 3 is 2.39 bits per heavy atom. The van der Waals surface area contributed by atoms with Crippen LogP contribution in [-0.4, -0.2) is 51.2 Å². The molecule has 0 saturated carbocycles. The van der Waals surface area contributed by atoms with Crippen LogP contribution in [0, 0.1) is 5.92 Å². The molecular formula is C23H29Cl2N3. The summed E-state index contributed by atoms with van der Waals surface area (Å²) in [6, 6.07) is 15.0. The normalized spacial score (nSPS) is 21.9. The Bertz CT molecular complexity index is 817. The first-order valence-corrected chi connectivity index (χ1v) is 11.0. The summed E-state index contributed by atoms with van der Waals surface area (Å²) < 4.78 is 0. The number of halogens is 2. The standard InChI is InChI=1S/C23H29Cl2N3/c1-17(18-9-10-28(16-18)19-7-8-21(24)22(25)15-19)20-5-3-4-6-23(20)27-13-11-26(2)12-14-27/h3-8,15,17-18H,9-14,16H2,1-2H3. The molecule has 2 heterocycles. The molecule has 2 aromatic rings. The van der Waals surface area contributed by atoms with E-state index < -0.39 is 0 Å². The third-order valence-electron chi connectivity index (χ3n) is 6.47. The third-order valence-corrected chi connectivity index (χ3v) is 7.21. The fourth-order valence-electron chi connectivity index (χ4n) is 4.57. The molecule has 28 heavy (non-hydrogen) atoms. The van der Waals surface area contributed by atoms with Gasteiger partial charge in [-0.05, 0) is 55.1 Å². The van der Waals surface area contributed by atoms with Crippen LogP contribution in [0.2, 0.25) is 10.0 Å². The van der Waals surface area contributed by atoms with Gasteiger partial charge in [0.1, 0.15) is 0 Å². The summed E-state index contributed by atoms with van der Waals surface area (Å²) in [4.78, 5) is 7.42. The number of hydrogen-bond donors (Lipinski definition) is 0. The van der Waals surface area contributed by atoms with Crippen molar-refractivity contribution >= 4 is 34.6 Å². The summed E-state index contributed by atoms with van der Waals surface area (Å²) in [5.41, 5.74) is 4.10. The fourth-order valence-corrected chi connectivity index (χ4v) is 4.87. The van der Waals surface area contributed by atoms with Crippen LogP contribution >= 0.6 is 23.2 Å². The number of likely N-dealkylation sites (N-methyl/N-ethyl adjacent to an activating group) is 1. The fraction of sp³-hybridized carbons (Fsp3) is 0.478. The molecule has 0 spiro atoms. The average Bonchev–Trinajstić information content (AvgIpc) is 3.20. The Labute approximate surface area is 178 Å². The van der Waals surface area contributed by atoms with E-state index in [1.807, 2.05) is 12.1 Å². The monoisotopic (exact) mass is 417 g/mol. The third kappa shape index (κ3) is 4.12. The van der Waals surface area contributed by atoms with Gasteiger partial charge in [0.2, 0.25) is 0 Å². The first kappa shape index (κ1) is 19.9. The number of para-hydroxylation sites is 1. The molecule has 0 radical (unpaired) electrons. The Balaban J connectivity index is 1.49. The van der Waals surface area contributed by atoms with E-state index in [0.29, 0.717) is 21.9 Å². The lowest BCUT2D eigenvalue weighted by Gasteiger charge is -2.36. The van der Waals surface area contributed by atoms with Crippen LogP contribution in [0.4, 0.5) is 11.4 Å². The minimum Gasteiger partial charge on any atom is -0.371 e. The summed E-state index contributed by atoms with van der Waals surface area (Å²) in [6.45, 7) is 9.03. The van der Waals surface area contributed by atoms with Crippen molar-refractivity contribution in [3.05, 3.63) is 58.1 Å². The first-order valence-electron chi connectivity index (χ1n) is 10.3. The van der Waals surface area contributed by atoms with Crippen LogP contribution in [0.1, 0.15) is 24.8 Å². The second-order valence-electron chi connectivity index (χ2n) is 8.23. The van der Waals surface area contributed by atoms with Crippen molar-refractivity contribution in [1.29, 1.82) is 0 Å². The second kappa shape index (κ2) is 8.52. The molecule has 2 aromatic carbocycles. The predicted molar refractivity (Wildman–Crippen MR) is 121 cm³/mol. The highest BCUT2D eigenvalue weighted by Gasteiger charge is 2.30. The topological polar surface area (TPSA) is 9.72 Å². The van der Waals surface area contributed by atoms with Crippen LogP contribution < -0.4 is 9.80 Å². The average molecular weight is 418 g/mol. The highest BCUT2D eigenvalue weighted by Crippen LogP contribution is 2.39. The number of anilines is 2. The maximum absolute atomic E-state index is 6.24. The van der Waals surface area contributed by atoms with E-state index in [2.05, 4.69) is 59.0 Å². The Morgan fingerprint density at radius 1 is 0.893 bits per heavy atom. The molecule has 2 saturated heterocycles. The van der Waals surface area contributed by atoms with Crippen molar-refractivity contribution in [2.24, 2.45) is 5.92 Å². The summed E-state index contributed by atoms with van der Waals surface area (Å²) in [7, 11) is 2.21. The van der Waals surface area contributed by atoms with Crippen LogP contribution in [0.15, 0.2) is 42.5 Å². The van der Waals surface area contributed by atoms with Gasteiger partial charge in [-0.3, -0.25) is 0 Å². The molecule has 2 aliphatic rings. The van der Waals surface area contributed by atoms with E-state index in [-0.39, 0.29) is 0 Å². The van der Waals surface area contributed by atoms with Crippen LogP contribution in [0.5, 0.6) is 0 Å². The van der Waals surface area contributed by atoms with E-state index in [4.69, 9.17) is 23.2 Å². The molecule has 4 rings (SSSR count). The van der Waals surface area contributed by atoms with Crippen molar-refractivity contribution in [3.63, 3.8) is 0 Å². The van der Waals surface area contributed by atoms with E-state index in [1.165, 1.54) is 23.4 Å². The zero-order valence-electron chi connectivity index (χ0n) is 16.7. The minimum absolute atomic E-state index is 0.531. The lowest BCUT2D eigenvalue weighted by atomic mass is 9.85. The maximum Gasteiger partial charge on any atom is 0.0612 e. The lowest BCUT2D eigenvalue weighted by molar-refractivity contribution is 0.312. The molecule has 0 aromatic heterocycles. The van der Waals surface area contributed by atoms with Crippen molar-refractivity contribution in [3.8, 4) is 0 Å². The number of piperazine rings is 1. The first-order chi connectivity index (χ1) is 13.5. The summed E-state index contributed by atoms with van der Waals surface area (Å²) >= 11 is 12.3. The molecule has 2 atom stereocenters. The number of hydrogen-bond acceptors (Lipinski definition) is 3. The van der Waals surface area contributed by atoms with E-state index in [9.17, 15) is 0 Å². The molecule has 3 nitrogen and oxygen atoms in total. The van der Waals surface area contributed by atoms with E-state index in [0.717, 1.165) is 39.3 Å². The summed E-state index contributed by atoms with van der Waals surface area (Å²) in [5.74, 6) is 1.17. The van der Waals surface area contributed by atoms with Gasteiger partial charge in [-0.25, -0.2) is 0 Å². The molecular weight excluding hydrogens is 389 g/mol. The zero-order chi connectivity index (χ0) is 19.7. The predicted octanol–water partition coefficient (Wildman–Crippen LogP) is 5.38. The Kier molecular flexibility index (Phi) is 6.05. The largest absolute Gasteiger partial charge is 0.371 e. The van der Waals surface area contributed by atoms with Crippen LogP contribution in [-0.2, 0) is 0 Å². The van der Waals surface area contributed by atoms with Crippen molar-refractivity contribution in [2.45, 2.75) is 19.3 Å². The van der Waals surface area contributed by atoms with Gasteiger partial charge in [0, 0.05) is 50.6 Å². The quantitative estimate of drug-likeness (QED) is 0.661. The van der Waals surface area contributed by atoms with Gasteiger partial charge in [-0.1, -0.05) is 48.3 Å². The SMILES string of the molecule is CC(c1ccccc1N1CCN(C)CC1)C1CCN(c2ccc(Cl)c(Cl)c2)C1. The van der Waals surface area contributed by atoms with Crippen molar-refractivity contribution < 1.29 is 0 Å². The Hall–Kier alpha value is -1.42. The molecule has 2 aliphatic heterocycles. The van der Waals surface area contributed by atoms with Crippen molar-refractivity contribution in [2.75, 3.05) is 56.1 Å². The van der Waals surface area contributed by atoms with Gasteiger partial charge in [0.15, 0.2) is 0 Å². The zero-order valence-corrected chi connectivity index (χ0v) is 18.3. The number of rotatable bonds is 4.